The molecule has 0 aliphatic carbocycles. The summed E-state index contributed by atoms with van der Waals surface area (Å²) in [6.07, 6.45) is 1.05. The van der Waals surface area contributed by atoms with E-state index in [0.717, 1.165) is 31.0 Å². The molecular weight excluding hydrogens is 408 g/mol. The second kappa shape index (κ2) is 12.9. The monoisotopic (exact) mass is 442 g/mol. The molecule has 1 saturated heterocycles. The number of likely N-dealkylation sites (tertiary alicyclic amines) is 1. The highest BCUT2D eigenvalue weighted by molar-refractivity contribution is 7.89. The van der Waals surface area contributed by atoms with Crippen molar-refractivity contribution in [2.75, 3.05) is 67.3 Å². The second-order valence-electron chi connectivity index (χ2n) is 7.11. The first-order valence-corrected chi connectivity index (χ1v) is 11.6. The Morgan fingerprint density at radius 1 is 1.23 bits per heavy atom. The maximum absolute atomic E-state index is 12.4. The number of methoxy groups -OCH3 is 2. The predicted molar refractivity (Wildman–Crippen MR) is 116 cm³/mol. The van der Waals surface area contributed by atoms with Gasteiger partial charge < -0.3 is 24.4 Å². The average Bonchev–Trinajstić information content (AvgIpc) is 3.21. The normalized spacial score (nSPS) is 17.5. The van der Waals surface area contributed by atoms with Crippen molar-refractivity contribution in [2.24, 2.45) is 10.9 Å². The molecule has 10 heteroatoms. The summed E-state index contributed by atoms with van der Waals surface area (Å²) in [6, 6.07) is 6.90. The standard InChI is InChI=1S/C20H34N4O5S/c1-21-20(24-9-7-18(15-24)16-29-12-11-28-3)22-14-17-5-4-6-19(13-17)30(25,26)23-8-10-27-2/h4-6,13,18,23H,7-12,14-16H2,1-3H3,(H,21,22). The van der Waals surface area contributed by atoms with Gasteiger partial charge in [0.05, 0.1) is 31.3 Å². The Morgan fingerprint density at radius 2 is 2.03 bits per heavy atom. The van der Waals surface area contributed by atoms with Crippen LogP contribution in [0.3, 0.4) is 0 Å². The van der Waals surface area contributed by atoms with Crippen molar-refractivity contribution in [3.8, 4) is 0 Å². The predicted octanol–water partition coefficient (Wildman–Crippen LogP) is 0.672. The Hall–Kier alpha value is -1.72. The SMILES string of the molecule is CN=C(NCc1cccc(S(=O)(=O)NCCOC)c1)N1CCC(COCCOC)C1. The number of nitrogens with zero attached hydrogens (tertiary/aromatic N) is 2. The number of ether oxygens (including phenoxy) is 3. The van der Waals surface area contributed by atoms with Crippen molar-refractivity contribution >= 4 is 16.0 Å². The number of benzene rings is 1. The van der Waals surface area contributed by atoms with E-state index in [0.29, 0.717) is 38.9 Å². The van der Waals surface area contributed by atoms with Crippen LogP contribution in [0.1, 0.15) is 12.0 Å². The molecular formula is C20H34N4O5S. The summed E-state index contributed by atoms with van der Waals surface area (Å²) < 4.78 is 42.8. The quantitative estimate of drug-likeness (QED) is 0.279. The van der Waals surface area contributed by atoms with Gasteiger partial charge in [-0.25, -0.2) is 13.1 Å². The van der Waals surface area contributed by atoms with Gasteiger partial charge in [0.2, 0.25) is 10.0 Å². The Labute approximate surface area is 179 Å². The third kappa shape index (κ3) is 7.84. The second-order valence-corrected chi connectivity index (χ2v) is 8.87. The Morgan fingerprint density at radius 3 is 2.77 bits per heavy atom. The van der Waals surface area contributed by atoms with Crippen LogP contribution in [0.5, 0.6) is 0 Å². The first-order chi connectivity index (χ1) is 14.5. The fraction of sp³-hybridized carbons (Fsp3) is 0.650. The maximum Gasteiger partial charge on any atom is 0.240 e. The lowest BCUT2D eigenvalue weighted by Gasteiger charge is -2.22. The lowest BCUT2D eigenvalue weighted by molar-refractivity contribution is 0.0536. The first kappa shape index (κ1) is 24.5. The molecule has 0 radical (unpaired) electrons. The molecule has 2 rings (SSSR count). The fourth-order valence-electron chi connectivity index (χ4n) is 3.25. The van der Waals surface area contributed by atoms with E-state index in [9.17, 15) is 8.42 Å². The summed E-state index contributed by atoms with van der Waals surface area (Å²) in [4.78, 5) is 6.82. The number of guanidine groups is 1. The summed E-state index contributed by atoms with van der Waals surface area (Å²) >= 11 is 0. The largest absolute Gasteiger partial charge is 0.383 e. The molecule has 1 aromatic rings. The number of nitrogens with one attached hydrogen (secondary N) is 2. The van der Waals surface area contributed by atoms with Crippen molar-refractivity contribution < 1.29 is 22.6 Å². The number of sulfonamides is 1. The van der Waals surface area contributed by atoms with Crippen LogP contribution in [0.25, 0.3) is 0 Å². The van der Waals surface area contributed by atoms with Crippen LogP contribution in [0.2, 0.25) is 0 Å². The molecule has 170 valence electrons. The Balaban J connectivity index is 1.87. The highest BCUT2D eigenvalue weighted by Crippen LogP contribution is 2.17. The summed E-state index contributed by atoms with van der Waals surface area (Å²) in [5, 5.41) is 3.34. The van der Waals surface area contributed by atoms with Crippen LogP contribution in [0.4, 0.5) is 0 Å². The van der Waals surface area contributed by atoms with Gasteiger partial charge in [0.25, 0.3) is 0 Å². The summed E-state index contributed by atoms with van der Waals surface area (Å²) in [7, 11) is 1.40. The van der Waals surface area contributed by atoms with E-state index in [2.05, 4.69) is 19.9 Å². The third-order valence-electron chi connectivity index (χ3n) is 4.84. The lowest BCUT2D eigenvalue weighted by atomic mass is 10.1. The minimum atomic E-state index is -3.56. The third-order valence-corrected chi connectivity index (χ3v) is 6.30. The van der Waals surface area contributed by atoms with E-state index in [4.69, 9.17) is 14.2 Å². The highest BCUT2D eigenvalue weighted by atomic mass is 32.2. The molecule has 1 atom stereocenters. The van der Waals surface area contributed by atoms with Gasteiger partial charge in [0.15, 0.2) is 5.96 Å². The molecule has 1 aliphatic rings. The van der Waals surface area contributed by atoms with E-state index < -0.39 is 10.0 Å². The minimum absolute atomic E-state index is 0.235. The van der Waals surface area contributed by atoms with Gasteiger partial charge in [0.1, 0.15) is 0 Å². The molecule has 1 aromatic carbocycles. The van der Waals surface area contributed by atoms with Gasteiger partial charge in [0, 0.05) is 53.4 Å². The zero-order chi connectivity index (χ0) is 21.8. The van der Waals surface area contributed by atoms with Crippen molar-refractivity contribution in [1.29, 1.82) is 0 Å². The van der Waals surface area contributed by atoms with Gasteiger partial charge >= 0.3 is 0 Å². The molecule has 1 unspecified atom stereocenters. The van der Waals surface area contributed by atoms with Gasteiger partial charge in [-0.3, -0.25) is 4.99 Å². The summed E-state index contributed by atoms with van der Waals surface area (Å²) in [5.74, 6) is 1.27. The Kier molecular flexibility index (Phi) is 10.5. The van der Waals surface area contributed by atoms with Gasteiger partial charge in [-0.1, -0.05) is 12.1 Å². The molecule has 0 spiro atoms. The molecule has 0 bridgehead atoms. The number of rotatable bonds is 12. The van der Waals surface area contributed by atoms with Crippen LogP contribution in [0.15, 0.2) is 34.2 Å². The van der Waals surface area contributed by atoms with Crippen molar-refractivity contribution in [3.05, 3.63) is 29.8 Å². The zero-order valence-electron chi connectivity index (χ0n) is 18.1. The van der Waals surface area contributed by atoms with Crippen LogP contribution in [-0.2, 0) is 30.8 Å². The van der Waals surface area contributed by atoms with Crippen molar-refractivity contribution in [2.45, 2.75) is 17.9 Å². The number of hydrogen-bond donors (Lipinski definition) is 2. The molecule has 2 N–H and O–H groups in total. The topological polar surface area (TPSA) is 101 Å². The summed E-state index contributed by atoms with van der Waals surface area (Å²) in [5.41, 5.74) is 0.865. The molecule has 1 heterocycles. The molecule has 9 nitrogen and oxygen atoms in total. The summed E-state index contributed by atoms with van der Waals surface area (Å²) in [6.45, 7) is 4.77. The van der Waals surface area contributed by atoms with Gasteiger partial charge in [-0.2, -0.15) is 0 Å². The Bertz CT molecular complexity index is 772. The van der Waals surface area contributed by atoms with Crippen molar-refractivity contribution in [3.63, 3.8) is 0 Å². The fourth-order valence-corrected chi connectivity index (χ4v) is 4.33. The average molecular weight is 443 g/mol. The molecule has 0 aromatic heterocycles. The molecule has 30 heavy (non-hydrogen) atoms. The number of aliphatic imine (C=N–C) groups is 1. The van der Waals surface area contributed by atoms with Gasteiger partial charge in [-0.05, 0) is 24.1 Å². The van der Waals surface area contributed by atoms with Crippen LogP contribution < -0.4 is 10.0 Å². The van der Waals surface area contributed by atoms with Gasteiger partial charge in [-0.15, -0.1) is 0 Å². The maximum atomic E-state index is 12.4. The molecule has 0 amide bonds. The number of hydrogen-bond acceptors (Lipinski definition) is 6. The van der Waals surface area contributed by atoms with Crippen LogP contribution in [-0.4, -0.2) is 86.6 Å². The van der Waals surface area contributed by atoms with E-state index >= 15 is 0 Å². The van der Waals surface area contributed by atoms with Crippen LogP contribution in [0, 0.1) is 5.92 Å². The first-order valence-electron chi connectivity index (χ1n) is 10.1. The minimum Gasteiger partial charge on any atom is -0.383 e. The smallest absolute Gasteiger partial charge is 0.240 e. The van der Waals surface area contributed by atoms with E-state index in [1.165, 1.54) is 7.11 Å². The zero-order valence-corrected chi connectivity index (χ0v) is 18.9. The van der Waals surface area contributed by atoms with E-state index in [1.54, 1.807) is 32.4 Å². The highest BCUT2D eigenvalue weighted by Gasteiger charge is 2.25. The lowest BCUT2D eigenvalue weighted by Crippen LogP contribution is -2.39. The van der Waals surface area contributed by atoms with Crippen molar-refractivity contribution in [1.82, 2.24) is 14.9 Å². The molecule has 1 fully saturated rings. The molecule has 0 saturated carbocycles. The van der Waals surface area contributed by atoms with E-state index in [1.807, 2.05) is 6.07 Å². The van der Waals surface area contributed by atoms with Crippen LogP contribution >= 0.6 is 0 Å². The molecule has 1 aliphatic heterocycles. The van der Waals surface area contributed by atoms with E-state index in [-0.39, 0.29) is 11.4 Å².